The van der Waals surface area contributed by atoms with Crippen LogP contribution in [0.2, 0.25) is 0 Å². The molecule has 0 unspecified atom stereocenters. The van der Waals surface area contributed by atoms with E-state index in [0.29, 0.717) is 28.1 Å². The van der Waals surface area contributed by atoms with Crippen molar-refractivity contribution in [1.82, 2.24) is 15.0 Å². The van der Waals surface area contributed by atoms with Crippen LogP contribution in [0.5, 0.6) is 0 Å². The molecule has 8 heteroatoms. The van der Waals surface area contributed by atoms with E-state index in [1.807, 2.05) is 12.1 Å². The topological polar surface area (TPSA) is 59.9 Å². The van der Waals surface area contributed by atoms with Crippen molar-refractivity contribution in [3.63, 3.8) is 0 Å². The largest absolute Gasteiger partial charge is 0.418 e. The van der Waals surface area contributed by atoms with E-state index in [0.717, 1.165) is 11.8 Å². The molecular weight excluding hydrogens is 441 g/mol. The molecule has 0 aliphatic heterocycles. The lowest BCUT2D eigenvalue weighted by atomic mass is 9.87. The Morgan fingerprint density at radius 2 is 1.68 bits per heavy atom. The third-order valence-corrected chi connectivity index (χ3v) is 5.42. The van der Waals surface area contributed by atoms with Crippen molar-refractivity contribution in [1.29, 1.82) is 0 Å². The molecule has 0 amide bonds. The van der Waals surface area contributed by atoms with Crippen molar-refractivity contribution < 1.29 is 17.9 Å². The quantitative estimate of drug-likeness (QED) is 0.347. The molecule has 0 radical (unpaired) electrons. The van der Waals surface area contributed by atoms with Crippen molar-refractivity contribution in [3.8, 4) is 11.3 Å². The number of rotatable bonds is 5. The van der Waals surface area contributed by atoms with E-state index in [4.69, 9.17) is 4.74 Å². The Bertz CT molecular complexity index is 1310. The fourth-order valence-corrected chi connectivity index (χ4v) is 3.67. The standard InChI is InChI=1S/C26H25F3N4O/c1-25(2,3)17-8-10-18(11-9-17)31-24-19-12-7-16(14-21(19)32-22(33-24)15-34-4)23-20(26(27,28)29)6-5-13-30-23/h5-14H,15H2,1-4H3,(H,31,32,33). The maximum absolute atomic E-state index is 13.5. The van der Waals surface area contributed by atoms with Crippen LogP contribution in [0.25, 0.3) is 22.2 Å². The van der Waals surface area contributed by atoms with Gasteiger partial charge in [0.2, 0.25) is 0 Å². The van der Waals surface area contributed by atoms with E-state index in [1.165, 1.54) is 24.9 Å². The molecule has 1 N–H and O–H groups in total. The van der Waals surface area contributed by atoms with Gasteiger partial charge >= 0.3 is 6.18 Å². The highest BCUT2D eigenvalue weighted by Gasteiger charge is 2.34. The van der Waals surface area contributed by atoms with E-state index in [1.54, 1.807) is 18.2 Å². The van der Waals surface area contributed by atoms with E-state index >= 15 is 0 Å². The lowest BCUT2D eigenvalue weighted by Crippen LogP contribution is -2.10. The summed E-state index contributed by atoms with van der Waals surface area (Å²) in [6.45, 7) is 6.60. The Balaban J connectivity index is 1.79. The van der Waals surface area contributed by atoms with Crippen molar-refractivity contribution in [2.75, 3.05) is 12.4 Å². The molecule has 0 aliphatic rings. The predicted octanol–water partition coefficient (Wildman–Crippen LogP) is 6.90. The Labute approximate surface area is 196 Å². The molecule has 0 atom stereocenters. The molecule has 2 heterocycles. The van der Waals surface area contributed by atoms with Gasteiger partial charge in [0.05, 0.1) is 16.8 Å². The van der Waals surface area contributed by atoms with Gasteiger partial charge < -0.3 is 10.1 Å². The molecule has 176 valence electrons. The Kier molecular flexibility index (Phi) is 6.27. The summed E-state index contributed by atoms with van der Waals surface area (Å²) in [5.74, 6) is 0.960. The van der Waals surface area contributed by atoms with Gasteiger partial charge in [-0.3, -0.25) is 4.98 Å². The lowest BCUT2D eigenvalue weighted by molar-refractivity contribution is -0.137. The van der Waals surface area contributed by atoms with Gasteiger partial charge in [0.25, 0.3) is 0 Å². The SMILES string of the molecule is COCc1nc(Nc2ccc(C(C)(C)C)cc2)c2ccc(-c3ncccc3C(F)(F)F)cc2n1. The molecule has 2 aromatic carbocycles. The Hall–Kier alpha value is -3.52. The van der Waals surface area contributed by atoms with Gasteiger partial charge in [-0.15, -0.1) is 0 Å². The van der Waals surface area contributed by atoms with Gasteiger partial charge in [0, 0.05) is 29.9 Å². The minimum atomic E-state index is -4.52. The molecule has 5 nitrogen and oxygen atoms in total. The van der Waals surface area contributed by atoms with Crippen LogP contribution in [0.3, 0.4) is 0 Å². The number of hydrogen-bond acceptors (Lipinski definition) is 5. The number of benzene rings is 2. The molecule has 0 saturated carbocycles. The lowest BCUT2D eigenvalue weighted by Gasteiger charge is -2.19. The molecule has 0 bridgehead atoms. The average Bonchev–Trinajstić information content (AvgIpc) is 2.78. The van der Waals surface area contributed by atoms with Crippen LogP contribution < -0.4 is 5.32 Å². The number of pyridine rings is 1. The van der Waals surface area contributed by atoms with E-state index in [9.17, 15) is 13.2 Å². The number of nitrogens with zero attached hydrogens (tertiary/aromatic N) is 3. The Morgan fingerprint density at radius 3 is 2.32 bits per heavy atom. The second kappa shape index (κ2) is 9.02. The van der Waals surface area contributed by atoms with E-state index < -0.39 is 11.7 Å². The third kappa shape index (κ3) is 5.02. The fraction of sp³-hybridized carbons (Fsp3) is 0.269. The van der Waals surface area contributed by atoms with Gasteiger partial charge in [-0.1, -0.05) is 39.0 Å². The van der Waals surface area contributed by atoms with E-state index in [2.05, 4.69) is 53.2 Å². The molecule has 4 aromatic rings. The molecule has 0 fully saturated rings. The molecule has 4 rings (SSSR count). The van der Waals surface area contributed by atoms with Crippen LogP contribution in [0.15, 0.2) is 60.8 Å². The highest BCUT2D eigenvalue weighted by molar-refractivity contribution is 5.93. The molecule has 0 aliphatic carbocycles. The van der Waals surface area contributed by atoms with Gasteiger partial charge in [-0.25, -0.2) is 9.97 Å². The number of hydrogen-bond donors (Lipinski definition) is 1. The molecule has 2 aromatic heterocycles. The first-order valence-corrected chi connectivity index (χ1v) is 10.8. The summed E-state index contributed by atoms with van der Waals surface area (Å²) in [7, 11) is 1.53. The number of fused-ring (bicyclic) bond motifs is 1. The minimum absolute atomic E-state index is 0.0307. The number of ether oxygens (including phenoxy) is 1. The predicted molar refractivity (Wildman–Crippen MR) is 127 cm³/mol. The highest BCUT2D eigenvalue weighted by atomic mass is 19.4. The molecule has 34 heavy (non-hydrogen) atoms. The van der Waals surface area contributed by atoms with Gasteiger partial charge in [0.1, 0.15) is 12.4 Å². The summed E-state index contributed by atoms with van der Waals surface area (Å²) >= 11 is 0. The number of halogens is 3. The second-order valence-corrected chi connectivity index (χ2v) is 9.00. The van der Waals surface area contributed by atoms with E-state index in [-0.39, 0.29) is 17.7 Å². The van der Waals surface area contributed by atoms with Crippen LogP contribution in [-0.4, -0.2) is 22.1 Å². The van der Waals surface area contributed by atoms with Gasteiger partial charge in [-0.2, -0.15) is 13.2 Å². The molecule has 0 saturated heterocycles. The summed E-state index contributed by atoms with van der Waals surface area (Å²) in [6.07, 6.45) is -3.17. The zero-order chi connectivity index (χ0) is 24.5. The fourth-order valence-electron chi connectivity index (χ4n) is 3.67. The van der Waals surface area contributed by atoms with Gasteiger partial charge in [0.15, 0.2) is 5.82 Å². The zero-order valence-corrected chi connectivity index (χ0v) is 19.4. The first-order chi connectivity index (χ1) is 16.1. The number of methoxy groups -OCH3 is 1. The van der Waals surface area contributed by atoms with Crippen LogP contribution in [-0.2, 0) is 22.9 Å². The number of aromatic nitrogens is 3. The van der Waals surface area contributed by atoms with Crippen molar-refractivity contribution in [2.24, 2.45) is 0 Å². The number of alkyl halides is 3. The first kappa shape index (κ1) is 23.6. The average molecular weight is 467 g/mol. The van der Waals surface area contributed by atoms with Crippen molar-refractivity contribution >= 4 is 22.4 Å². The number of anilines is 2. The molecular formula is C26H25F3N4O. The second-order valence-electron chi connectivity index (χ2n) is 9.00. The zero-order valence-electron chi connectivity index (χ0n) is 19.4. The maximum Gasteiger partial charge on any atom is 0.418 e. The summed E-state index contributed by atoms with van der Waals surface area (Å²) in [5, 5.41) is 3.99. The third-order valence-electron chi connectivity index (χ3n) is 5.42. The maximum atomic E-state index is 13.5. The summed E-state index contributed by atoms with van der Waals surface area (Å²) in [4.78, 5) is 13.1. The van der Waals surface area contributed by atoms with Crippen LogP contribution in [0.4, 0.5) is 24.7 Å². The summed E-state index contributed by atoms with van der Waals surface area (Å²) in [6, 6.07) is 15.3. The van der Waals surface area contributed by atoms with Crippen LogP contribution in [0.1, 0.15) is 37.7 Å². The summed E-state index contributed by atoms with van der Waals surface area (Å²) in [5.41, 5.74) is 1.95. The van der Waals surface area contributed by atoms with Crippen LogP contribution in [0, 0.1) is 0 Å². The first-order valence-electron chi connectivity index (χ1n) is 10.8. The number of nitrogens with one attached hydrogen (secondary N) is 1. The molecule has 0 spiro atoms. The smallest absolute Gasteiger partial charge is 0.377 e. The Morgan fingerprint density at radius 1 is 0.941 bits per heavy atom. The van der Waals surface area contributed by atoms with Gasteiger partial charge in [-0.05, 0) is 47.4 Å². The minimum Gasteiger partial charge on any atom is -0.377 e. The highest BCUT2D eigenvalue weighted by Crippen LogP contribution is 2.37. The monoisotopic (exact) mass is 466 g/mol. The van der Waals surface area contributed by atoms with Crippen molar-refractivity contribution in [2.45, 2.75) is 39.0 Å². The van der Waals surface area contributed by atoms with Crippen molar-refractivity contribution in [3.05, 3.63) is 77.7 Å². The summed E-state index contributed by atoms with van der Waals surface area (Å²) < 4.78 is 45.8. The normalized spacial score (nSPS) is 12.2. The van der Waals surface area contributed by atoms with Crippen LogP contribution >= 0.6 is 0 Å².